The Hall–Kier alpha value is -2.89. The van der Waals surface area contributed by atoms with Crippen molar-refractivity contribution < 1.29 is 23.7 Å². The molecule has 0 unspecified atom stereocenters. The molecule has 0 aliphatic carbocycles. The van der Waals surface area contributed by atoms with Gasteiger partial charge >= 0.3 is 0 Å². The number of ether oxygens (including phenoxy) is 4. The first kappa shape index (κ1) is 18.4. The predicted octanol–water partition coefficient (Wildman–Crippen LogP) is 3.35. The van der Waals surface area contributed by atoms with Gasteiger partial charge in [-0.1, -0.05) is 12.1 Å². The van der Waals surface area contributed by atoms with Crippen LogP contribution in [0.25, 0.3) is 0 Å². The first-order chi connectivity index (χ1) is 12.0. The summed E-state index contributed by atoms with van der Waals surface area (Å²) in [6, 6.07) is 9.19. The number of carbonyl (C=O) groups excluding carboxylic acids is 1. The maximum atomic E-state index is 12.2. The fraction of sp³-hybridized carbons (Fsp3) is 0.316. The number of aryl methyl sites for hydroxylation is 2. The number of benzene rings is 2. The maximum Gasteiger partial charge on any atom is 0.262 e. The summed E-state index contributed by atoms with van der Waals surface area (Å²) in [5.74, 6) is 1.81. The van der Waals surface area contributed by atoms with E-state index in [4.69, 9.17) is 18.9 Å². The highest BCUT2D eigenvalue weighted by atomic mass is 16.5. The monoisotopic (exact) mass is 345 g/mol. The first-order valence-corrected chi connectivity index (χ1v) is 7.78. The molecule has 25 heavy (non-hydrogen) atoms. The Labute approximate surface area is 147 Å². The fourth-order valence-corrected chi connectivity index (χ4v) is 2.36. The van der Waals surface area contributed by atoms with E-state index in [0.29, 0.717) is 28.7 Å². The van der Waals surface area contributed by atoms with Crippen LogP contribution in [0.4, 0.5) is 5.69 Å². The quantitative estimate of drug-likeness (QED) is 0.834. The molecule has 2 aromatic rings. The SMILES string of the molecule is COc1cc(NC(=O)COc2cc(C)ccc2C)cc(OC)c1OC. The Morgan fingerprint density at radius 1 is 0.920 bits per heavy atom. The van der Waals surface area contributed by atoms with Crippen molar-refractivity contribution in [3.05, 3.63) is 41.5 Å². The summed E-state index contributed by atoms with van der Waals surface area (Å²) in [6.07, 6.45) is 0. The Kier molecular flexibility index (Phi) is 6.11. The van der Waals surface area contributed by atoms with Crippen molar-refractivity contribution in [3.63, 3.8) is 0 Å². The van der Waals surface area contributed by atoms with E-state index in [-0.39, 0.29) is 12.5 Å². The molecule has 1 amide bonds. The molecule has 2 aromatic carbocycles. The zero-order chi connectivity index (χ0) is 18.4. The Bertz CT molecular complexity index is 732. The number of methoxy groups -OCH3 is 3. The van der Waals surface area contributed by atoms with E-state index < -0.39 is 0 Å². The average molecular weight is 345 g/mol. The van der Waals surface area contributed by atoms with Crippen molar-refractivity contribution in [3.8, 4) is 23.0 Å². The molecular formula is C19H23NO5. The maximum absolute atomic E-state index is 12.2. The highest BCUT2D eigenvalue weighted by molar-refractivity contribution is 5.92. The molecule has 6 nitrogen and oxygen atoms in total. The van der Waals surface area contributed by atoms with Gasteiger partial charge < -0.3 is 24.3 Å². The third-order valence-corrected chi connectivity index (χ3v) is 3.65. The molecule has 134 valence electrons. The van der Waals surface area contributed by atoms with E-state index in [0.717, 1.165) is 11.1 Å². The number of amides is 1. The van der Waals surface area contributed by atoms with Gasteiger partial charge in [0.2, 0.25) is 5.75 Å². The van der Waals surface area contributed by atoms with Gasteiger partial charge in [0, 0.05) is 17.8 Å². The number of carbonyl (C=O) groups is 1. The van der Waals surface area contributed by atoms with Crippen LogP contribution in [-0.4, -0.2) is 33.8 Å². The molecule has 0 saturated carbocycles. The second-order valence-electron chi connectivity index (χ2n) is 5.52. The number of hydrogen-bond donors (Lipinski definition) is 1. The van der Waals surface area contributed by atoms with Crippen molar-refractivity contribution >= 4 is 11.6 Å². The standard InChI is InChI=1S/C19H23NO5/c1-12-6-7-13(2)15(8-12)25-11-18(21)20-14-9-16(22-3)19(24-5)17(10-14)23-4/h6-10H,11H2,1-5H3,(H,20,21). The largest absolute Gasteiger partial charge is 0.493 e. The minimum Gasteiger partial charge on any atom is -0.493 e. The molecule has 0 atom stereocenters. The van der Waals surface area contributed by atoms with Crippen LogP contribution in [0.15, 0.2) is 30.3 Å². The zero-order valence-electron chi connectivity index (χ0n) is 15.1. The summed E-state index contributed by atoms with van der Waals surface area (Å²) < 4.78 is 21.4. The molecule has 0 aromatic heterocycles. The number of nitrogens with one attached hydrogen (secondary N) is 1. The van der Waals surface area contributed by atoms with Crippen LogP contribution < -0.4 is 24.3 Å². The summed E-state index contributed by atoms with van der Waals surface area (Å²) in [4.78, 5) is 12.2. The summed E-state index contributed by atoms with van der Waals surface area (Å²) in [7, 11) is 4.57. The van der Waals surface area contributed by atoms with Gasteiger partial charge in [-0.2, -0.15) is 0 Å². The van der Waals surface area contributed by atoms with Gasteiger partial charge in [0.05, 0.1) is 21.3 Å². The first-order valence-electron chi connectivity index (χ1n) is 7.78. The van der Waals surface area contributed by atoms with Gasteiger partial charge in [-0.05, 0) is 31.0 Å². The van der Waals surface area contributed by atoms with E-state index in [9.17, 15) is 4.79 Å². The van der Waals surface area contributed by atoms with Gasteiger partial charge in [0.15, 0.2) is 18.1 Å². The Balaban J connectivity index is 2.08. The highest BCUT2D eigenvalue weighted by Crippen LogP contribution is 2.39. The van der Waals surface area contributed by atoms with Crippen molar-refractivity contribution in [1.29, 1.82) is 0 Å². The topological polar surface area (TPSA) is 66.0 Å². The molecule has 0 aliphatic heterocycles. The highest BCUT2D eigenvalue weighted by Gasteiger charge is 2.15. The second-order valence-corrected chi connectivity index (χ2v) is 5.52. The third kappa shape index (κ3) is 4.56. The average Bonchev–Trinajstić information content (AvgIpc) is 2.61. The molecule has 0 fully saturated rings. The van der Waals surface area contributed by atoms with E-state index in [1.807, 2.05) is 32.0 Å². The normalized spacial score (nSPS) is 10.1. The van der Waals surface area contributed by atoms with Crippen LogP contribution in [0.3, 0.4) is 0 Å². The lowest BCUT2D eigenvalue weighted by atomic mass is 10.1. The minimum atomic E-state index is -0.282. The van der Waals surface area contributed by atoms with Crippen LogP contribution >= 0.6 is 0 Å². The summed E-state index contributed by atoms with van der Waals surface area (Å²) in [5.41, 5.74) is 2.58. The van der Waals surface area contributed by atoms with Gasteiger partial charge in [0.1, 0.15) is 5.75 Å². The molecule has 0 bridgehead atoms. The molecule has 0 spiro atoms. The molecule has 0 radical (unpaired) electrons. The van der Waals surface area contributed by atoms with E-state index in [1.54, 1.807) is 12.1 Å². The third-order valence-electron chi connectivity index (χ3n) is 3.65. The van der Waals surface area contributed by atoms with Gasteiger partial charge in [-0.15, -0.1) is 0 Å². The minimum absolute atomic E-state index is 0.0963. The Morgan fingerprint density at radius 3 is 2.12 bits per heavy atom. The van der Waals surface area contributed by atoms with Crippen molar-refractivity contribution in [2.24, 2.45) is 0 Å². The summed E-state index contributed by atoms with van der Waals surface area (Å²) in [6.45, 7) is 3.81. The second kappa shape index (κ2) is 8.28. The van der Waals surface area contributed by atoms with Crippen molar-refractivity contribution in [1.82, 2.24) is 0 Å². The lowest BCUT2D eigenvalue weighted by molar-refractivity contribution is -0.118. The van der Waals surface area contributed by atoms with Crippen molar-refractivity contribution in [2.75, 3.05) is 33.3 Å². The molecule has 6 heteroatoms. The molecular weight excluding hydrogens is 322 g/mol. The van der Waals surface area contributed by atoms with Crippen LogP contribution in [0, 0.1) is 13.8 Å². The van der Waals surface area contributed by atoms with Gasteiger partial charge in [0.25, 0.3) is 5.91 Å². The molecule has 0 aliphatic rings. The van der Waals surface area contributed by atoms with Crippen LogP contribution in [0.5, 0.6) is 23.0 Å². The van der Waals surface area contributed by atoms with Gasteiger partial charge in [-0.3, -0.25) is 4.79 Å². The van der Waals surface area contributed by atoms with Crippen molar-refractivity contribution in [2.45, 2.75) is 13.8 Å². The van der Waals surface area contributed by atoms with E-state index in [2.05, 4.69) is 5.32 Å². The lowest BCUT2D eigenvalue weighted by Gasteiger charge is -2.15. The zero-order valence-corrected chi connectivity index (χ0v) is 15.1. The smallest absolute Gasteiger partial charge is 0.262 e. The fourth-order valence-electron chi connectivity index (χ4n) is 2.36. The van der Waals surface area contributed by atoms with Crippen LogP contribution in [-0.2, 0) is 4.79 Å². The van der Waals surface area contributed by atoms with E-state index in [1.165, 1.54) is 21.3 Å². The Morgan fingerprint density at radius 2 is 1.56 bits per heavy atom. The summed E-state index contributed by atoms with van der Waals surface area (Å²) >= 11 is 0. The number of rotatable bonds is 7. The molecule has 0 heterocycles. The van der Waals surface area contributed by atoms with Crippen LogP contribution in [0.2, 0.25) is 0 Å². The lowest BCUT2D eigenvalue weighted by Crippen LogP contribution is -2.20. The van der Waals surface area contributed by atoms with Crippen LogP contribution in [0.1, 0.15) is 11.1 Å². The predicted molar refractivity (Wildman–Crippen MR) is 96.1 cm³/mol. The number of anilines is 1. The van der Waals surface area contributed by atoms with E-state index >= 15 is 0 Å². The van der Waals surface area contributed by atoms with Gasteiger partial charge in [-0.25, -0.2) is 0 Å². The number of hydrogen-bond acceptors (Lipinski definition) is 5. The summed E-state index contributed by atoms with van der Waals surface area (Å²) in [5, 5.41) is 2.77. The molecule has 0 saturated heterocycles. The molecule has 1 N–H and O–H groups in total. The molecule has 2 rings (SSSR count).